The van der Waals surface area contributed by atoms with E-state index in [1.165, 1.54) is 38.4 Å². The predicted octanol–water partition coefficient (Wildman–Crippen LogP) is 5.29. The zero-order valence-corrected chi connectivity index (χ0v) is 20.0. The summed E-state index contributed by atoms with van der Waals surface area (Å²) >= 11 is 6.32. The molecule has 0 bridgehead atoms. The fourth-order valence-electron chi connectivity index (χ4n) is 3.53. The Morgan fingerprint density at radius 2 is 1.74 bits per heavy atom. The van der Waals surface area contributed by atoms with Crippen LogP contribution in [0.5, 0.6) is 5.75 Å². The zero-order valence-electron chi connectivity index (χ0n) is 19.3. The van der Waals surface area contributed by atoms with Crippen LogP contribution in [0.3, 0.4) is 0 Å². The number of rotatable bonds is 8. The highest BCUT2D eigenvalue weighted by molar-refractivity contribution is 6.31. The molecular weight excluding hydrogens is 485 g/mol. The maximum Gasteiger partial charge on any atom is 0.423 e. The Morgan fingerprint density at radius 1 is 1.09 bits per heavy atom. The third-order valence-corrected chi connectivity index (χ3v) is 6.00. The molecule has 0 aliphatic carbocycles. The maximum absolute atomic E-state index is 14.1. The van der Waals surface area contributed by atoms with E-state index in [-0.39, 0.29) is 29.6 Å². The number of aromatic nitrogens is 2. The topological polar surface area (TPSA) is 81.5 Å². The van der Waals surface area contributed by atoms with Crippen LogP contribution >= 0.6 is 11.6 Å². The standard InChI is InChI=1S/C25H24ClF3N2O4/c1-15-12-31-22(13-30-15)24(33,25(27,28)29)16(2)20-9-8-19(11-21(20)26)35-14-18-6-4-17(5-7-18)10-23(32)34-3/h4-9,11-13,16,33H,10,14H2,1-3H3/t16-,24-/m1/s1. The Hall–Kier alpha value is -3.17. The number of esters is 1. The lowest BCUT2D eigenvalue weighted by molar-refractivity contribution is -0.276. The number of benzene rings is 2. The van der Waals surface area contributed by atoms with Crippen molar-refractivity contribution in [1.82, 2.24) is 9.97 Å². The minimum absolute atomic E-state index is 0.00571. The van der Waals surface area contributed by atoms with E-state index < -0.39 is 23.4 Å². The number of aliphatic hydroxyl groups is 1. The van der Waals surface area contributed by atoms with E-state index in [0.29, 0.717) is 11.4 Å². The normalized spacial score (nSPS) is 14.2. The predicted molar refractivity (Wildman–Crippen MR) is 123 cm³/mol. The third-order valence-electron chi connectivity index (χ3n) is 5.67. The number of carbonyl (C=O) groups excluding carboxylic acids is 1. The summed E-state index contributed by atoms with van der Waals surface area (Å²) < 4.78 is 52.5. The van der Waals surface area contributed by atoms with Crippen LogP contribution in [0.2, 0.25) is 5.02 Å². The Kier molecular flexibility index (Phi) is 8.02. The van der Waals surface area contributed by atoms with Crippen molar-refractivity contribution < 1.29 is 32.5 Å². The third kappa shape index (κ3) is 5.91. The van der Waals surface area contributed by atoms with E-state index in [2.05, 4.69) is 14.7 Å². The molecule has 0 saturated carbocycles. The summed E-state index contributed by atoms with van der Waals surface area (Å²) in [4.78, 5) is 19.0. The summed E-state index contributed by atoms with van der Waals surface area (Å²) in [6.07, 6.45) is -2.79. The number of methoxy groups -OCH3 is 1. The highest BCUT2D eigenvalue weighted by Gasteiger charge is 2.60. The van der Waals surface area contributed by atoms with Crippen LogP contribution in [0.15, 0.2) is 54.9 Å². The van der Waals surface area contributed by atoms with Gasteiger partial charge >= 0.3 is 12.1 Å². The number of ether oxygens (including phenoxy) is 2. The summed E-state index contributed by atoms with van der Waals surface area (Å²) in [6, 6.07) is 11.4. The lowest BCUT2D eigenvalue weighted by Crippen LogP contribution is -2.47. The van der Waals surface area contributed by atoms with E-state index >= 15 is 0 Å². The molecule has 2 aromatic carbocycles. The number of aryl methyl sites for hydroxylation is 1. The van der Waals surface area contributed by atoms with E-state index in [1.54, 1.807) is 31.2 Å². The molecule has 1 aromatic heterocycles. The lowest BCUT2D eigenvalue weighted by atomic mass is 9.80. The van der Waals surface area contributed by atoms with Crippen molar-refractivity contribution in [3.05, 3.63) is 88.0 Å². The van der Waals surface area contributed by atoms with Gasteiger partial charge in [-0.05, 0) is 35.7 Å². The number of carbonyl (C=O) groups is 1. The molecule has 0 fully saturated rings. The molecule has 186 valence electrons. The van der Waals surface area contributed by atoms with Gasteiger partial charge in [0.1, 0.15) is 18.1 Å². The van der Waals surface area contributed by atoms with Crippen LogP contribution in [0.1, 0.15) is 40.9 Å². The zero-order chi connectivity index (χ0) is 25.8. The van der Waals surface area contributed by atoms with E-state index in [0.717, 1.165) is 17.3 Å². The molecule has 3 rings (SSSR count). The Morgan fingerprint density at radius 3 is 2.29 bits per heavy atom. The Labute approximate surface area is 205 Å². The van der Waals surface area contributed by atoms with E-state index in [9.17, 15) is 23.1 Å². The number of halogens is 4. The Bertz CT molecular complexity index is 1170. The van der Waals surface area contributed by atoms with Gasteiger partial charge in [-0.25, -0.2) is 0 Å². The molecule has 0 unspecified atom stereocenters. The van der Waals surface area contributed by atoms with E-state index in [1.807, 2.05) is 0 Å². The molecule has 0 spiro atoms. The first-order valence-corrected chi connectivity index (χ1v) is 11.0. The van der Waals surface area contributed by atoms with Gasteiger partial charge in [0.05, 0.1) is 25.4 Å². The first kappa shape index (κ1) is 26.4. The largest absolute Gasteiger partial charge is 0.489 e. The summed E-state index contributed by atoms with van der Waals surface area (Å²) in [7, 11) is 1.32. The van der Waals surface area contributed by atoms with Crippen LogP contribution in [0, 0.1) is 6.92 Å². The molecule has 0 radical (unpaired) electrons. The average Bonchev–Trinajstić information content (AvgIpc) is 2.82. The van der Waals surface area contributed by atoms with Gasteiger partial charge in [-0.3, -0.25) is 14.8 Å². The van der Waals surface area contributed by atoms with Crippen molar-refractivity contribution in [2.45, 2.75) is 44.6 Å². The lowest BCUT2D eigenvalue weighted by Gasteiger charge is -2.35. The monoisotopic (exact) mass is 508 g/mol. The van der Waals surface area contributed by atoms with Crippen LogP contribution in [-0.2, 0) is 28.2 Å². The Balaban J connectivity index is 1.77. The van der Waals surface area contributed by atoms with Gasteiger partial charge in [-0.2, -0.15) is 13.2 Å². The number of hydrogen-bond acceptors (Lipinski definition) is 6. The first-order valence-electron chi connectivity index (χ1n) is 10.6. The van der Waals surface area contributed by atoms with Crippen molar-refractivity contribution in [2.24, 2.45) is 0 Å². The molecule has 0 amide bonds. The highest BCUT2D eigenvalue weighted by Crippen LogP contribution is 2.49. The number of hydrogen-bond donors (Lipinski definition) is 1. The molecule has 6 nitrogen and oxygen atoms in total. The first-order chi connectivity index (χ1) is 16.5. The van der Waals surface area contributed by atoms with Crippen molar-refractivity contribution in [2.75, 3.05) is 7.11 Å². The van der Waals surface area contributed by atoms with Crippen molar-refractivity contribution in [3.8, 4) is 5.75 Å². The molecule has 1 heterocycles. The fraction of sp³-hybridized carbons (Fsp3) is 0.320. The summed E-state index contributed by atoms with van der Waals surface area (Å²) in [5.74, 6) is -1.48. The van der Waals surface area contributed by atoms with Crippen LogP contribution in [0.4, 0.5) is 13.2 Å². The molecule has 10 heteroatoms. The molecule has 0 aliphatic heterocycles. The van der Waals surface area contributed by atoms with Crippen molar-refractivity contribution >= 4 is 17.6 Å². The second kappa shape index (κ2) is 10.6. The quantitative estimate of drug-likeness (QED) is 0.417. The van der Waals surface area contributed by atoms with Gasteiger partial charge < -0.3 is 14.6 Å². The van der Waals surface area contributed by atoms with Gasteiger partial charge in [0.15, 0.2) is 0 Å². The van der Waals surface area contributed by atoms with Crippen LogP contribution < -0.4 is 4.74 Å². The fourth-order valence-corrected chi connectivity index (χ4v) is 3.87. The van der Waals surface area contributed by atoms with Gasteiger partial charge in [-0.15, -0.1) is 0 Å². The van der Waals surface area contributed by atoms with Gasteiger partial charge in [0.2, 0.25) is 5.60 Å². The molecule has 2 atom stereocenters. The van der Waals surface area contributed by atoms with Crippen LogP contribution in [-0.4, -0.2) is 34.3 Å². The smallest absolute Gasteiger partial charge is 0.423 e. The molecule has 0 saturated heterocycles. The number of nitrogens with zero attached hydrogens (tertiary/aromatic N) is 2. The second-order valence-corrected chi connectivity index (χ2v) is 8.48. The highest BCUT2D eigenvalue weighted by atomic mass is 35.5. The van der Waals surface area contributed by atoms with Crippen molar-refractivity contribution in [1.29, 1.82) is 0 Å². The summed E-state index contributed by atoms with van der Waals surface area (Å²) in [5.41, 5.74) is -1.81. The van der Waals surface area contributed by atoms with Gasteiger partial charge in [-0.1, -0.05) is 48.9 Å². The number of alkyl halides is 3. The molecular formula is C25H24ClF3N2O4. The molecule has 3 aromatic rings. The van der Waals surface area contributed by atoms with Gasteiger partial charge in [0, 0.05) is 17.1 Å². The van der Waals surface area contributed by atoms with Gasteiger partial charge in [0.25, 0.3) is 0 Å². The second-order valence-electron chi connectivity index (χ2n) is 8.07. The molecule has 35 heavy (non-hydrogen) atoms. The summed E-state index contributed by atoms with van der Waals surface area (Å²) in [5, 5.41) is 10.8. The van der Waals surface area contributed by atoms with Crippen molar-refractivity contribution in [3.63, 3.8) is 0 Å². The van der Waals surface area contributed by atoms with Crippen LogP contribution in [0.25, 0.3) is 0 Å². The molecule has 0 aliphatic rings. The minimum Gasteiger partial charge on any atom is -0.489 e. The minimum atomic E-state index is -5.03. The SMILES string of the molecule is COC(=O)Cc1ccc(COc2ccc([C@@H](C)[C@@](O)(c3cnc(C)cn3)C(F)(F)F)c(Cl)c2)cc1. The average molecular weight is 509 g/mol. The van der Waals surface area contributed by atoms with E-state index in [4.69, 9.17) is 16.3 Å². The summed E-state index contributed by atoms with van der Waals surface area (Å²) in [6.45, 7) is 2.99. The maximum atomic E-state index is 14.1. The molecule has 1 N–H and O–H groups in total.